The second-order valence-corrected chi connectivity index (χ2v) is 7.03. The molecule has 5 heteroatoms. The minimum atomic E-state index is -0.154. The molecule has 4 aromatic rings. The van der Waals surface area contributed by atoms with Crippen LogP contribution < -0.4 is 5.56 Å². The fourth-order valence-electron chi connectivity index (χ4n) is 3.15. The van der Waals surface area contributed by atoms with Crippen LogP contribution in [0.3, 0.4) is 0 Å². The molecule has 4 rings (SSSR count). The zero-order valence-corrected chi connectivity index (χ0v) is 16.3. The first-order chi connectivity index (χ1) is 13.5. The van der Waals surface area contributed by atoms with Crippen LogP contribution in [0.4, 0.5) is 0 Å². The predicted molar refractivity (Wildman–Crippen MR) is 115 cm³/mol. The Kier molecular flexibility index (Phi) is 4.80. The largest absolute Gasteiger partial charge is 0.268 e. The Morgan fingerprint density at radius 3 is 2.54 bits per heavy atom. The van der Waals surface area contributed by atoms with Crippen LogP contribution in [0, 0.1) is 13.8 Å². The van der Waals surface area contributed by atoms with Gasteiger partial charge >= 0.3 is 0 Å². The molecular weight excluding hydrogens is 370 g/mol. The van der Waals surface area contributed by atoms with Crippen molar-refractivity contribution in [2.24, 2.45) is 0 Å². The van der Waals surface area contributed by atoms with E-state index >= 15 is 0 Å². The smallest absolute Gasteiger partial charge is 0.266 e. The Bertz CT molecular complexity index is 1270. The maximum Gasteiger partial charge on any atom is 0.266 e. The van der Waals surface area contributed by atoms with E-state index in [1.54, 1.807) is 22.8 Å². The maximum absolute atomic E-state index is 13.3. The average Bonchev–Trinajstić information content (AvgIpc) is 2.68. The van der Waals surface area contributed by atoms with Crippen molar-refractivity contribution in [3.05, 3.63) is 98.8 Å². The lowest BCUT2D eigenvalue weighted by Gasteiger charge is -2.13. The van der Waals surface area contributed by atoms with E-state index < -0.39 is 0 Å². The van der Waals surface area contributed by atoms with Crippen molar-refractivity contribution in [1.29, 1.82) is 0 Å². The van der Waals surface area contributed by atoms with Gasteiger partial charge in [0.15, 0.2) is 0 Å². The fraction of sp³-hybridized carbons (Fsp3) is 0.0870. The monoisotopic (exact) mass is 387 g/mol. The van der Waals surface area contributed by atoms with Gasteiger partial charge in [0.2, 0.25) is 0 Å². The number of aryl methyl sites for hydroxylation is 2. The number of benzene rings is 2. The van der Waals surface area contributed by atoms with Gasteiger partial charge in [0, 0.05) is 10.7 Å². The minimum absolute atomic E-state index is 0.154. The van der Waals surface area contributed by atoms with Gasteiger partial charge in [0.1, 0.15) is 5.82 Å². The van der Waals surface area contributed by atoms with Gasteiger partial charge in [-0.15, -0.1) is 0 Å². The lowest BCUT2D eigenvalue weighted by Crippen LogP contribution is -2.23. The molecule has 0 atom stereocenters. The van der Waals surface area contributed by atoms with E-state index in [0.717, 1.165) is 22.6 Å². The summed E-state index contributed by atoms with van der Waals surface area (Å²) in [7, 11) is 0. The van der Waals surface area contributed by atoms with Crippen molar-refractivity contribution in [1.82, 2.24) is 14.5 Å². The lowest BCUT2D eigenvalue weighted by atomic mass is 10.1. The van der Waals surface area contributed by atoms with Gasteiger partial charge in [-0.2, -0.15) is 0 Å². The molecule has 2 heterocycles. The first-order valence-corrected chi connectivity index (χ1v) is 9.31. The third kappa shape index (κ3) is 3.47. The number of nitrogens with zero attached hydrogens (tertiary/aromatic N) is 3. The van der Waals surface area contributed by atoms with Crippen LogP contribution >= 0.6 is 11.6 Å². The molecular formula is C23H18ClN3O. The van der Waals surface area contributed by atoms with Crippen LogP contribution in [0.1, 0.15) is 22.8 Å². The summed E-state index contributed by atoms with van der Waals surface area (Å²) in [5.74, 6) is 0.539. The van der Waals surface area contributed by atoms with E-state index in [1.165, 1.54) is 0 Å². The summed E-state index contributed by atoms with van der Waals surface area (Å²) in [4.78, 5) is 22.5. The first kappa shape index (κ1) is 18.1. The highest BCUT2D eigenvalue weighted by Gasteiger charge is 2.13. The van der Waals surface area contributed by atoms with Crippen LogP contribution in [0.25, 0.3) is 28.7 Å². The molecule has 0 aliphatic rings. The highest BCUT2D eigenvalue weighted by molar-refractivity contribution is 6.31. The number of hydrogen-bond donors (Lipinski definition) is 0. The molecule has 0 amide bonds. The highest BCUT2D eigenvalue weighted by atomic mass is 35.5. The quantitative estimate of drug-likeness (QED) is 0.484. The van der Waals surface area contributed by atoms with Gasteiger partial charge < -0.3 is 0 Å². The Labute approximate surface area is 167 Å². The van der Waals surface area contributed by atoms with Crippen molar-refractivity contribution < 1.29 is 0 Å². The molecule has 28 heavy (non-hydrogen) atoms. The van der Waals surface area contributed by atoms with Gasteiger partial charge in [0.05, 0.1) is 22.3 Å². The maximum atomic E-state index is 13.3. The van der Waals surface area contributed by atoms with Gasteiger partial charge in [-0.25, -0.2) is 4.98 Å². The Balaban J connectivity index is 1.98. The van der Waals surface area contributed by atoms with Gasteiger partial charge in [-0.1, -0.05) is 35.9 Å². The molecule has 0 fully saturated rings. The van der Waals surface area contributed by atoms with Crippen molar-refractivity contribution >= 4 is 34.7 Å². The highest BCUT2D eigenvalue weighted by Crippen LogP contribution is 2.20. The topological polar surface area (TPSA) is 47.8 Å². The molecule has 0 spiro atoms. The number of halogens is 1. The number of para-hydroxylation sites is 1. The zero-order valence-electron chi connectivity index (χ0n) is 15.6. The molecule has 0 radical (unpaired) electrons. The van der Waals surface area contributed by atoms with Crippen molar-refractivity contribution in [3.63, 3.8) is 0 Å². The molecule has 138 valence electrons. The molecule has 0 aliphatic heterocycles. The van der Waals surface area contributed by atoms with Crippen LogP contribution in [0.2, 0.25) is 5.02 Å². The first-order valence-electron chi connectivity index (χ1n) is 8.93. The van der Waals surface area contributed by atoms with E-state index in [1.807, 2.05) is 68.5 Å². The third-order valence-electron chi connectivity index (χ3n) is 4.53. The number of pyridine rings is 1. The van der Waals surface area contributed by atoms with Crippen LogP contribution in [-0.2, 0) is 0 Å². The minimum Gasteiger partial charge on any atom is -0.268 e. The molecule has 0 unspecified atom stereocenters. The van der Waals surface area contributed by atoms with Gasteiger partial charge in [0.25, 0.3) is 5.56 Å². The van der Waals surface area contributed by atoms with E-state index in [-0.39, 0.29) is 5.56 Å². The molecule has 0 bridgehead atoms. The third-order valence-corrected chi connectivity index (χ3v) is 4.76. The second kappa shape index (κ2) is 7.41. The Hall–Kier alpha value is -3.24. The molecule has 2 aromatic carbocycles. The summed E-state index contributed by atoms with van der Waals surface area (Å²) in [6.07, 6.45) is 3.69. The molecule has 0 saturated heterocycles. The van der Waals surface area contributed by atoms with Gasteiger partial charge in [-0.05, 0) is 68.0 Å². The number of aromatic nitrogens is 3. The fourth-order valence-corrected chi connectivity index (χ4v) is 3.32. The van der Waals surface area contributed by atoms with Crippen LogP contribution in [0.15, 0.2) is 65.5 Å². The molecule has 0 aliphatic carbocycles. The molecule has 2 aromatic heterocycles. The molecule has 4 nitrogen and oxygen atoms in total. The molecule has 0 N–H and O–H groups in total. The van der Waals surface area contributed by atoms with Crippen molar-refractivity contribution in [2.75, 3.05) is 0 Å². The zero-order chi connectivity index (χ0) is 19.7. The van der Waals surface area contributed by atoms with E-state index in [9.17, 15) is 4.79 Å². The summed E-state index contributed by atoms with van der Waals surface area (Å²) in [5, 5.41) is 0.997. The second-order valence-electron chi connectivity index (χ2n) is 6.60. The Morgan fingerprint density at radius 1 is 0.929 bits per heavy atom. The average molecular weight is 388 g/mol. The van der Waals surface area contributed by atoms with Crippen LogP contribution in [0.5, 0.6) is 0 Å². The lowest BCUT2D eigenvalue weighted by molar-refractivity contribution is 0.934. The summed E-state index contributed by atoms with van der Waals surface area (Å²) in [5.41, 5.74) is 3.96. The predicted octanol–water partition coefficient (Wildman–Crippen LogP) is 5.22. The molecule has 0 saturated carbocycles. The summed E-state index contributed by atoms with van der Waals surface area (Å²) in [6, 6.07) is 18.7. The van der Waals surface area contributed by atoms with E-state index in [2.05, 4.69) is 4.98 Å². The van der Waals surface area contributed by atoms with Crippen LogP contribution in [-0.4, -0.2) is 14.5 Å². The number of rotatable bonds is 3. The summed E-state index contributed by atoms with van der Waals surface area (Å²) in [6.45, 7) is 3.91. The van der Waals surface area contributed by atoms with E-state index in [0.29, 0.717) is 21.7 Å². The summed E-state index contributed by atoms with van der Waals surface area (Å²) < 4.78 is 1.63. The normalized spacial score (nSPS) is 11.4. The van der Waals surface area contributed by atoms with Gasteiger partial charge in [-0.3, -0.25) is 14.3 Å². The van der Waals surface area contributed by atoms with Crippen molar-refractivity contribution in [3.8, 4) is 5.69 Å². The van der Waals surface area contributed by atoms with Crippen molar-refractivity contribution in [2.45, 2.75) is 13.8 Å². The standard InChI is InChI=1S/C23H18ClN3O/c1-15-6-3-4-9-21(15)27-22(13-11-18-8-5-7-16(2)25-18)26-20-12-10-17(24)14-19(20)23(27)28/h3-14H,1-2H3. The Morgan fingerprint density at radius 2 is 1.75 bits per heavy atom. The number of hydrogen-bond acceptors (Lipinski definition) is 3. The van der Waals surface area contributed by atoms with E-state index in [4.69, 9.17) is 16.6 Å². The number of fused-ring (bicyclic) bond motifs is 1. The summed E-state index contributed by atoms with van der Waals surface area (Å²) >= 11 is 6.12. The SMILES string of the molecule is Cc1cccc(C=Cc2nc3ccc(Cl)cc3c(=O)n2-c2ccccc2C)n1.